The number of nitrogens with one attached hydrogen (secondary N) is 2. The number of urea groups is 1. The molecule has 0 aliphatic heterocycles. The van der Waals surface area contributed by atoms with Crippen molar-refractivity contribution in [2.24, 2.45) is 0 Å². The molecule has 3 aromatic rings. The summed E-state index contributed by atoms with van der Waals surface area (Å²) < 4.78 is 1.71. The number of benzene rings is 1. The molecule has 23 heavy (non-hydrogen) atoms. The fourth-order valence-electron chi connectivity index (χ4n) is 2.11. The maximum absolute atomic E-state index is 12.1. The smallest absolute Gasteiger partial charge is 0.319 e. The average Bonchev–Trinajstić information content (AvgIpc) is 3.17. The fourth-order valence-corrected chi connectivity index (χ4v) is 2.91. The van der Waals surface area contributed by atoms with Crippen LogP contribution in [-0.4, -0.2) is 20.8 Å². The molecule has 7 heteroatoms. The summed E-state index contributed by atoms with van der Waals surface area (Å²) in [5.74, 6) is 0. The van der Waals surface area contributed by atoms with Gasteiger partial charge in [-0.1, -0.05) is 18.2 Å². The van der Waals surface area contributed by atoms with Crippen molar-refractivity contribution in [2.75, 3.05) is 5.32 Å². The van der Waals surface area contributed by atoms with E-state index in [1.165, 1.54) is 11.3 Å². The van der Waals surface area contributed by atoms with E-state index < -0.39 is 0 Å². The fraction of sp³-hybridized carbons (Fsp3) is 0.188. The summed E-state index contributed by atoms with van der Waals surface area (Å²) in [5, 5.41) is 12.7. The van der Waals surface area contributed by atoms with E-state index in [4.69, 9.17) is 0 Å². The van der Waals surface area contributed by atoms with Crippen molar-refractivity contribution in [2.45, 2.75) is 19.9 Å². The highest BCUT2D eigenvalue weighted by molar-refractivity contribution is 7.09. The van der Waals surface area contributed by atoms with E-state index in [9.17, 15) is 4.79 Å². The van der Waals surface area contributed by atoms with Crippen molar-refractivity contribution in [3.63, 3.8) is 0 Å². The highest BCUT2D eigenvalue weighted by Crippen LogP contribution is 2.17. The van der Waals surface area contributed by atoms with Crippen molar-refractivity contribution in [1.29, 1.82) is 0 Å². The van der Waals surface area contributed by atoms with Gasteiger partial charge in [0.25, 0.3) is 0 Å². The quantitative estimate of drug-likeness (QED) is 0.770. The van der Waals surface area contributed by atoms with Gasteiger partial charge in [0.1, 0.15) is 5.01 Å². The van der Waals surface area contributed by atoms with Gasteiger partial charge in [0.05, 0.1) is 29.8 Å². The first kappa shape index (κ1) is 15.2. The second-order valence-electron chi connectivity index (χ2n) is 5.16. The summed E-state index contributed by atoms with van der Waals surface area (Å²) in [4.78, 5) is 16.4. The van der Waals surface area contributed by atoms with Crippen LogP contribution < -0.4 is 10.6 Å². The number of aromatic nitrogens is 3. The molecule has 0 saturated carbocycles. The lowest BCUT2D eigenvalue weighted by molar-refractivity contribution is 0.249. The van der Waals surface area contributed by atoms with Gasteiger partial charge in [-0.2, -0.15) is 5.10 Å². The van der Waals surface area contributed by atoms with Crippen LogP contribution in [-0.2, 0) is 0 Å². The second-order valence-corrected chi connectivity index (χ2v) is 6.05. The van der Waals surface area contributed by atoms with E-state index in [2.05, 4.69) is 20.7 Å². The largest absolute Gasteiger partial charge is 0.329 e. The molecule has 118 valence electrons. The van der Waals surface area contributed by atoms with Crippen LogP contribution in [0.25, 0.3) is 5.69 Å². The number of rotatable bonds is 4. The van der Waals surface area contributed by atoms with Crippen molar-refractivity contribution >= 4 is 23.1 Å². The van der Waals surface area contributed by atoms with Crippen LogP contribution in [0.3, 0.4) is 0 Å². The van der Waals surface area contributed by atoms with Gasteiger partial charge >= 0.3 is 6.03 Å². The van der Waals surface area contributed by atoms with E-state index in [0.717, 1.165) is 16.4 Å². The molecule has 1 unspecified atom stereocenters. The van der Waals surface area contributed by atoms with Crippen LogP contribution in [0.2, 0.25) is 0 Å². The predicted molar refractivity (Wildman–Crippen MR) is 91.0 cm³/mol. The summed E-state index contributed by atoms with van der Waals surface area (Å²) >= 11 is 1.54. The number of thiazole rings is 1. The van der Waals surface area contributed by atoms with Crippen molar-refractivity contribution < 1.29 is 4.79 Å². The molecule has 0 aliphatic rings. The molecule has 1 atom stereocenters. The monoisotopic (exact) mass is 327 g/mol. The number of aryl methyl sites for hydroxylation is 1. The minimum atomic E-state index is -0.280. The maximum atomic E-state index is 12.1. The van der Waals surface area contributed by atoms with Gasteiger partial charge in [-0.15, -0.1) is 11.3 Å². The number of para-hydroxylation sites is 1. The zero-order chi connectivity index (χ0) is 16.2. The topological polar surface area (TPSA) is 71.8 Å². The Morgan fingerprint density at radius 3 is 2.78 bits per heavy atom. The number of hydrogen-bond acceptors (Lipinski definition) is 4. The number of carbonyl (C=O) groups excluding carboxylic acids is 1. The van der Waals surface area contributed by atoms with Gasteiger partial charge in [0.2, 0.25) is 0 Å². The van der Waals surface area contributed by atoms with Crippen LogP contribution >= 0.6 is 11.3 Å². The normalized spacial score (nSPS) is 11.9. The van der Waals surface area contributed by atoms with Gasteiger partial charge in [0.15, 0.2) is 0 Å². The van der Waals surface area contributed by atoms with Crippen LogP contribution in [0, 0.1) is 6.92 Å². The number of nitrogens with zero attached hydrogens (tertiary/aromatic N) is 3. The van der Waals surface area contributed by atoms with E-state index in [0.29, 0.717) is 5.69 Å². The summed E-state index contributed by atoms with van der Waals surface area (Å²) in [7, 11) is 0. The maximum Gasteiger partial charge on any atom is 0.319 e. The molecular formula is C16H17N5OS. The second kappa shape index (κ2) is 6.62. The Morgan fingerprint density at radius 1 is 1.30 bits per heavy atom. The molecule has 0 radical (unpaired) electrons. The molecule has 2 amide bonds. The molecule has 0 saturated heterocycles. The van der Waals surface area contributed by atoms with Crippen molar-refractivity contribution in [1.82, 2.24) is 20.1 Å². The highest BCUT2D eigenvalue weighted by Gasteiger charge is 2.13. The van der Waals surface area contributed by atoms with E-state index in [-0.39, 0.29) is 12.1 Å². The van der Waals surface area contributed by atoms with Gasteiger partial charge in [-0.25, -0.2) is 14.5 Å². The first-order chi connectivity index (χ1) is 11.1. The number of carbonyl (C=O) groups is 1. The van der Waals surface area contributed by atoms with Crippen molar-refractivity contribution in [3.8, 4) is 5.69 Å². The lowest BCUT2D eigenvalue weighted by Gasteiger charge is -2.11. The molecule has 2 aromatic heterocycles. The minimum absolute atomic E-state index is 0.141. The van der Waals surface area contributed by atoms with Crippen molar-refractivity contribution in [3.05, 3.63) is 58.8 Å². The molecular weight excluding hydrogens is 310 g/mol. The van der Waals surface area contributed by atoms with E-state index in [1.807, 2.05) is 49.6 Å². The molecule has 0 spiro atoms. The molecule has 0 bridgehead atoms. The summed E-state index contributed by atoms with van der Waals surface area (Å²) in [6.07, 6.45) is 3.39. The zero-order valence-corrected chi connectivity index (χ0v) is 13.7. The Balaban J connectivity index is 1.61. The molecule has 2 N–H and O–H groups in total. The third kappa shape index (κ3) is 3.75. The zero-order valence-electron chi connectivity index (χ0n) is 12.9. The highest BCUT2D eigenvalue weighted by atomic mass is 32.1. The van der Waals surface area contributed by atoms with Crippen LogP contribution in [0.5, 0.6) is 0 Å². The standard InChI is InChI=1S/C16H17N5OS/c1-11-10-23-15(18-11)12(2)19-16(22)20-13-8-17-21(9-13)14-6-4-3-5-7-14/h3-10,12H,1-2H3,(H2,19,20,22). The summed E-state index contributed by atoms with van der Waals surface area (Å²) in [5.41, 5.74) is 2.53. The average molecular weight is 327 g/mol. The van der Waals surface area contributed by atoms with Crippen LogP contribution in [0.4, 0.5) is 10.5 Å². The van der Waals surface area contributed by atoms with Gasteiger partial charge in [-0.05, 0) is 26.0 Å². The first-order valence-corrected chi connectivity index (χ1v) is 8.09. The van der Waals surface area contributed by atoms with Crippen LogP contribution in [0.1, 0.15) is 23.7 Å². The predicted octanol–water partition coefficient (Wildman–Crippen LogP) is 3.52. The Morgan fingerprint density at radius 2 is 2.09 bits per heavy atom. The van der Waals surface area contributed by atoms with E-state index >= 15 is 0 Å². The lowest BCUT2D eigenvalue weighted by atomic mass is 10.3. The minimum Gasteiger partial charge on any atom is -0.329 e. The third-order valence-corrected chi connectivity index (χ3v) is 4.36. The molecule has 0 aliphatic carbocycles. The van der Waals surface area contributed by atoms with Gasteiger partial charge in [0, 0.05) is 11.1 Å². The molecule has 6 nitrogen and oxygen atoms in total. The number of amides is 2. The Labute approximate surface area is 138 Å². The molecule has 1 aromatic carbocycles. The summed E-state index contributed by atoms with van der Waals surface area (Å²) in [6.45, 7) is 3.84. The molecule has 0 fully saturated rings. The summed E-state index contributed by atoms with van der Waals surface area (Å²) in [6, 6.07) is 9.30. The van der Waals surface area contributed by atoms with E-state index in [1.54, 1.807) is 17.1 Å². The number of hydrogen-bond donors (Lipinski definition) is 2. The lowest BCUT2D eigenvalue weighted by Crippen LogP contribution is -2.31. The van der Waals surface area contributed by atoms with Gasteiger partial charge in [-0.3, -0.25) is 0 Å². The SMILES string of the molecule is Cc1csc(C(C)NC(=O)Nc2cnn(-c3ccccc3)c2)n1. The Hall–Kier alpha value is -2.67. The Bertz CT molecular complexity index is 796. The first-order valence-electron chi connectivity index (χ1n) is 7.21. The number of anilines is 1. The molecule has 3 rings (SSSR count). The third-order valence-electron chi connectivity index (χ3n) is 3.22. The van der Waals surface area contributed by atoms with Gasteiger partial charge < -0.3 is 10.6 Å². The Kier molecular flexibility index (Phi) is 4.38. The van der Waals surface area contributed by atoms with Crippen LogP contribution in [0.15, 0.2) is 48.1 Å². The molecule has 2 heterocycles.